The molecule has 0 radical (unpaired) electrons. The van der Waals surface area contributed by atoms with E-state index in [2.05, 4.69) is 20.7 Å². The number of nitrogens with one attached hydrogen (secondary N) is 1. The molecule has 0 amide bonds. The average Bonchev–Trinajstić information content (AvgIpc) is 2.16. The van der Waals surface area contributed by atoms with Crippen LogP contribution in [0.4, 0.5) is 0 Å². The Balaban J connectivity index is 2.88. The van der Waals surface area contributed by atoms with Crippen LogP contribution in [-0.4, -0.2) is 16.8 Å². The SMILES string of the molecule is N=C(N)C1(O)N=NN=N1. The van der Waals surface area contributed by atoms with Crippen LogP contribution in [0.1, 0.15) is 0 Å². The zero-order chi connectivity index (χ0) is 6.91. The highest BCUT2D eigenvalue weighted by atomic mass is 16.3. The standard InChI is InChI=1S/C2H4N6O/c3-1(4)2(9)5-7-8-6-2/h9H,(H3,3,4). The van der Waals surface area contributed by atoms with Gasteiger partial charge in [0.1, 0.15) is 0 Å². The lowest BCUT2D eigenvalue weighted by molar-refractivity contribution is 0.126. The molecule has 7 heteroatoms. The zero-order valence-electron chi connectivity index (χ0n) is 4.31. The van der Waals surface area contributed by atoms with Gasteiger partial charge in [0.15, 0.2) is 5.84 Å². The van der Waals surface area contributed by atoms with Crippen LogP contribution in [0, 0.1) is 5.41 Å². The Morgan fingerprint density at radius 3 is 2.11 bits per heavy atom. The molecule has 1 aliphatic heterocycles. The number of nitrogens with two attached hydrogens (primary N) is 1. The van der Waals surface area contributed by atoms with E-state index in [1.807, 2.05) is 0 Å². The molecule has 1 heterocycles. The highest BCUT2D eigenvalue weighted by Gasteiger charge is 2.33. The van der Waals surface area contributed by atoms with Gasteiger partial charge >= 0.3 is 5.85 Å². The number of nitrogens with zero attached hydrogens (tertiary/aromatic N) is 4. The summed E-state index contributed by atoms with van der Waals surface area (Å²) in [5.41, 5.74) is 4.86. The van der Waals surface area contributed by atoms with Crippen LogP contribution in [0.2, 0.25) is 0 Å². The molecule has 1 rings (SSSR count). The topological polar surface area (TPSA) is 120 Å². The monoisotopic (exact) mass is 128 g/mol. The smallest absolute Gasteiger partial charge is 0.353 e. The third kappa shape index (κ3) is 0.765. The Morgan fingerprint density at radius 2 is 1.89 bits per heavy atom. The maximum Gasteiger partial charge on any atom is 0.353 e. The number of hydrogen-bond donors (Lipinski definition) is 3. The first-order valence-corrected chi connectivity index (χ1v) is 2.06. The van der Waals surface area contributed by atoms with Crippen LogP contribution in [0.15, 0.2) is 20.7 Å². The van der Waals surface area contributed by atoms with Crippen LogP contribution < -0.4 is 5.73 Å². The number of rotatable bonds is 1. The molecule has 0 spiro atoms. The van der Waals surface area contributed by atoms with Crippen molar-refractivity contribution in [2.75, 3.05) is 0 Å². The molecule has 0 fully saturated rings. The van der Waals surface area contributed by atoms with Gasteiger partial charge in [-0.05, 0) is 10.4 Å². The van der Waals surface area contributed by atoms with E-state index in [1.165, 1.54) is 0 Å². The van der Waals surface area contributed by atoms with E-state index in [0.717, 1.165) is 0 Å². The Bertz CT molecular complexity index is 181. The minimum absolute atomic E-state index is 0.590. The summed E-state index contributed by atoms with van der Waals surface area (Å²) >= 11 is 0. The van der Waals surface area contributed by atoms with Crippen molar-refractivity contribution >= 4 is 5.84 Å². The van der Waals surface area contributed by atoms with E-state index in [-0.39, 0.29) is 0 Å². The van der Waals surface area contributed by atoms with Gasteiger partial charge in [-0.2, -0.15) is 0 Å². The molecule has 0 unspecified atom stereocenters. The quantitative estimate of drug-likeness (QED) is 0.322. The number of aliphatic hydroxyl groups is 1. The molecule has 0 aromatic heterocycles. The molecular formula is C2H4N6O. The van der Waals surface area contributed by atoms with Gasteiger partial charge in [-0.15, -0.1) is 0 Å². The van der Waals surface area contributed by atoms with Crippen molar-refractivity contribution in [1.29, 1.82) is 5.41 Å². The molecule has 0 saturated carbocycles. The summed E-state index contributed by atoms with van der Waals surface area (Å²) in [6, 6.07) is 0. The third-order valence-corrected chi connectivity index (χ3v) is 0.770. The highest BCUT2D eigenvalue weighted by Crippen LogP contribution is 2.14. The van der Waals surface area contributed by atoms with Crippen molar-refractivity contribution in [3.63, 3.8) is 0 Å². The van der Waals surface area contributed by atoms with Crippen LogP contribution in [0.25, 0.3) is 0 Å². The summed E-state index contributed by atoms with van der Waals surface area (Å²) in [6.07, 6.45) is 0. The van der Waals surface area contributed by atoms with E-state index in [0.29, 0.717) is 0 Å². The molecule has 0 saturated heterocycles. The summed E-state index contributed by atoms with van der Waals surface area (Å²) in [7, 11) is 0. The third-order valence-electron chi connectivity index (χ3n) is 0.770. The fourth-order valence-electron chi connectivity index (χ4n) is 0.292. The van der Waals surface area contributed by atoms with E-state index in [4.69, 9.17) is 16.2 Å². The van der Waals surface area contributed by atoms with Gasteiger partial charge in [-0.1, -0.05) is 10.2 Å². The van der Waals surface area contributed by atoms with E-state index in [9.17, 15) is 0 Å². The van der Waals surface area contributed by atoms with Crippen molar-refractivity contribution in [3.8, 4) is 0 Å². The maximum absolute atomic E-state index is 8.90. The van der Waals surface area contributed by atoms with Gasteiger partial charge in [0.25, 0.3) is 0 Å². The van der Waals surface area contributed by atoms with Crippen LogP contribution in [-0.2, 0) is 0 Å². The zero-order valence-corrected chi connectivity index (χ0v) is 4.31. The Hall–Kier alpha value is -1.37. The predicted molar refractivity (Wildman–Crippen MR) is 26.6 cm³/mol. The summed E-state index contributed by atoms with van der Waals surface area (Å²) in [5, 5.41) is 27.7. The predicted octanol–water partition coefficient (Wildman–Crippen LogP) is -0.599. The molecule has 7 nitrogen and oxygen atoms in total. The van der Waals surface area contributed by atoms with Gasteiger partial charge in [0.2, 0.25) is 0 Å². The summed E-state index contributed by atoms with van der Waals surface area (Å²) in [4.78, 5) is 0. The minimum atomic E-state index is -2.03. The van der Waals surface area contributed by atoms with Crippen LogP contribution in [0.5, 0.6) is 0 Å². The number of hydrogen-bond acceptors (Lipinski definition) is 6. The van der Waals surface area contributed by atoms with Crippen LogP contribution in [0.3, 0.4) is 0 Å². The second-order valence-corrected chi connectivity index (χ2v) is 1.43. The van der Waals surface area contributed by atoms with Gasteiger partial charge in [0.05, 0.1) is 0 Å². The lowest BCUT2D eigenvalue weighted by Crippen LogP contribution is -2.37. The fourth-order valence-corrected chi connectivity index (χ4v) is 0.292. The Kier molecular flexibility index (Phi) is 0.995. The van der Waals surface area contributed by atoms with Crippen molar-refractivity contribution in [1.82, 2.24) is 0 Å². The molecule has 48 valence electrons. The van der Waals surface area contributed by atoms with Crippen LogP contribution >= 0.6 is 0 Å². The van der Waals surface area contributed by atoms with Gasteiger partial charge < -0.3 is 10.8 Å². The molecule has 0 aromatic rings. The Morgan fingerprint density at radius 1 is 1.44 bits per heavy atom. The first-order valence-electron chi connectivity index (χ1n) is 2.06. The largest absolute Gasteiger partial charge is 0.382 e. The van der Waals surface area contributed by atoms with Gasteiger partial charge in [-0.3, -0.25) is 5.41 Å². The van der Waals surface area contributed by atoms with Crippen molar-refractivity contribution in [2.45, 2.75) is 5.85 Å². The lowest BCUT2D eigenvalue weighted by Gasteiger charge is -2.07. The van der Waals surface area contributed by atoms with E-state index < -0.39 is 11.7 Å². The normalized spacial score (nSPS) is 20.6. The molecular weight excluding hydrogens is 124 g/mol. The lowest BCUT2D eigenvalue weighted by atomic mass is 10.4. The number of amidine groups is 1. The van der Waals surface area contributed by atoms with Crippen molar-refractivity contribution in [2.24, 2.45) is 26.4 Å². The van der Waals surface area contributed by atoms with Gasteiger partial charge in [0, 0.05) is 0 Å². The average molecular weight is 128 g/mol. The molecule has 0 aliphatic carbocycles. The molecule has 1 aliphatic rings. The second-order valence-electron chi connectivity index (χ2n) is 1.43. The van der Waals surface area contributed by atoms with E-state index in [1.54, 1.807) is 0 Å². The first kappa shape index (κ1) is 5.76. The molecule has 0 atom stereocenters. The fraction of sp³-hybridized carbons (Fsp3) is 0.500. The van der Waals surface area contributed by atoms with Crippen molar-refractivity contribution in [3.05, 3.63) is 0 Å². The molecule has 9 heavy (non-hydrogen) atoms. The van der Waals surface area contributed by atoms with Gasteiger partial charge in [-0.25, -0.2) is 0 Å². The highest BCUT2D eigenvalue weighted by molar-refractivity contribution is 5.85. The summed E-state index contributed by atoms with van der Waals surface area (Å²) < 4.78 is 0. The van der Waals surface area contributed by atoms with Crippen molar-refractivity contribution < 1.29 is 5.11 Å². The second kappa shape index (κ2) is 1.55. The molecule has 4 N–H and O–H groups in total. The molecule has 0 aromatic carbocycles. The maximum atomic E-state index is 8.90. The minimum Gasteiger partial charge on any atom is -0.382 e. The first-order chi connectivity index (χ1) is 4.15. The Labute approximate surface area is 49.8 Å². The summed E-state index contributed by atoms with van der Waals surface area (Å²) in [6.45, 7) is 0. The molecule has 0 bridgehead atoms. The summed E-state index contributed by atoms with van der Waals surface area (Å²) in [5.74, 6) is -2.62. The van der Waals surface area contributed by atoms with E-state index >= 15 is 0 Å².